The Morgan fingerprint density at radius 2 is 2.32 bits per heavy atom. The maximum Gasteiger partial charge on any atom is 0.291 e. The van der Waals surface area contributed by atoms with Gasteiger partial charge in [-0.05, 0) is 25.7 Å². The number of piperidine rings is 1. The number of likely N-dealkylation sites (tertiary alicyclic amines) is 1. The van der Waals surface area contributed by atoms with Crippen LogP contribution in [0, 0.1) is 12.8 Å². The molecule has 1 atom stereocenters. The Labute approximate surface area is 161 Å². The molecule has 8 nitrogen and oxygen atoms in total. The Bertz CT molecular complexity index is 1110. The van der Waals surface area contributed by atoms with Crippen molar-refractivity contribution >= 4 is 27.9 Å². The van der Waals surface area contributed by atoms with E-state index in [1.807, 2.05) is 17.6 Å². The van der Waals surface area contributed by atoms with Crippen LogP contribution in [0.25, 0.3) is 22.0 Å². The maximum atomic E-state index is 13.1. The van der Waals surface area contributed by atoms with E-state index in [0.29, 0.717) is 36.1 Å². The van der Waals surface area contributed by atoms with Gasteiger partial charge in [0.2, 0.25) is 5.91 Å². The molecule has 0 saturated carbocycles. The number of rotatable bonds is 5. The Balaban J connectivity index is 1.71. The molecule has 0 aliphatic carbocycles. The topological polar surface area (TPSA) is 93.5 Å². The van der Waals surface area contributed by atoms with Crippen LogP contribution in [0.5, 0.6) is 0 Å². The predicted octanol–water partition coefficient (Wildman–Crippen LogP) is 1.67. The molecule has 1 aliphatic rings. The lowest BCUT2D eigenvalue weighted by molar-refractivity contribution is -0.134. The van der Waals surface area contributed by atoms with Gasteiger partial charge in [0.15, 0.2) is 5.58 Å². The van der Waals surface area contributed by atoms with E-state index in [1.54, 1.807) is 17.2 Å². The molecule has 0 radical (unpaired) electrons. The lowest BCUT2D eigenvalue weighted by atomic mass is 9.99. The van der Waals surface area contributed by atoms with Gasteiger partial charge in [-0.1, -0.05) is 6.08 Å². The van der Waals surface area contributed by atoms with Crippen LogP contribution < -0.4 is 5.56 Å². The molecule has 8 heteroatoms. The largest absolute Gasteiger partial charge is 0.459 e. The van der Waals surface area contributed by atoms with Crippen molar-refractivity contribution in [2.24, 2.45) is 5.92 Å². The summed E-state index contributed by atoms with van der Waals surface area (Å²) in [5.74, 6) is 0.700. The van der Waals surface area contributed by atoms with E-state index in [9.17, 15) is 14.7 Å². The summed E-state index contributed by atoms with van der Waals surface area (Å²) in [5.41, 5.74) is 1.58. The van der Waals surface area contributed by atoms with Gasteiger partial charge in [0.25, 0.3) is 5.56 Å². The lowest BCUT2D eigenvalue weighted by Gasteiger charge is -2.31. The van der Waals surface area contributed by atoms with Crippen molar-refractivity contribution in [3.05, 3.63) is 41.0 Å². The van der Waals surface area contributed by atoms with Gasteiger partial charge in [0.1, 0.15) is 17.8 Å². The van der Waals surface area contributed by atoms with Gasteiger partial charge in [-0.3, -0.25) is 9.59 Å². The highest BCUT2D eigenvalue weighted by molar-refractivity contribution is 6.04. The number of carbonyl (C=O) groups is 1. The summed E-state index contributed by atoms with van der Waals surface area (Å²) >= 11 is 0. The average Bonchev–Trinajstić information content (AvgIpc) is 3.21. The van der Waals surface area contributed by atoms with E-state index in [2.05, 4.69) is 11.7 Å². The first-order valence-electron chi connectivity index (χ1n) is 9.51. The number of nitrogens with zero attached hydrogens (tertiary/aromatic N) is 4. The van der Waals surface area contributed by atoms with Crippen LogP contribution >= 0.6 is 0 Å². The molecular formula is C20H24N4O4. The van der Waals surface area contributed by atoms with Crippen LogP contribution in [0.3, 0.4) is 0 Å². The van der Waals surface area contributed by atoms with Gasteiger partial charge in [-0.25, -0.2) is 4.68 Å². The molecule has 3 aromatic rings. The fourth-order valence-electron chi connectivity index (χ4n) is 4.02. The second kappa shape index (κ2) is 7.27. The second-order valence-electron chi connectivity index (χ2n) is 7.37. The number of hydrogen-bond acceptors (Lipinski definition) is 5. The Morgan fingerprint density at radius 1 is 1.50 bits per heavy atom. The number of furan rings is 1. The van der Waals surface area contributed by atoms with Crippen LogP contribution in [0.1, 0.15) is 18.6 Å². The fraction of sp³-hybridized carbons (Fsp3) is 0.450. The lowest BCUT2D eigenvalue weighted by Crippen LogP contribution is -2.44. The predicted molar refractivity (Wildman–Crippen MR) is 105 cm³/mol. The molecule has 148 valence electrons. The number of aliphatic hydroxyl groups is 1. The van der Waals surface area contributed by atoms with Crippen molar-refractivity contribution in [3.8, 4) is 0 Å². The highest BCUT2D eigenvalue weighted by atomic mass is 16.3. The van der Waals surface area contributed by atoms with Gasteiger partial charge < -0.3 is 19.0 Å². The number of aromatic nitrogens is 3. The zero-order valence-corrected chi connectivity index (χ0v) is 15.9. The molecule has 1 fully saturated rings. The van der Waals surface area contributed by atoms with Crippen molar-refractivity contribution < 1.29 is 14.3 Å². The van der Waals surface area contributed by atoms with E-state index >= 15 is 0 Å². The molecule has 0 bridgehead atoms. The van der Waals surface area contributed by atoms with Crippen molar-refractivity contribution in [1.82, 2.24) is 19.2 Å². The monoisotopic (exact) mass is 384 g/mol. The van der Waals surface area contributed by atoms with Crippen LogP contribution in [-0.2, 0) is 17.9 Å². The standard InChI is InChI=1S/C20H24N4O4/c1-3-6-23-16-8-13(2)28-19(16)15-9-21-24(20(27)18(15)23)11-17(26)22-7-4-5-14(10-22)12-25/h3,8-9,14,25H,1,4-7,10-12H2,2H3. The molecule has 1 amide bonds. The molecule has 0 aromatic carbocycles. The third kappa shape index (κ3) is 3.03. The van der Waals surface area contributed by atoms with E-state index < -0.39 is 0 Å². The average molecular weight is 384 g/mol. The van der Waals surface area contributed by atoms with Gasteiger partial charge in [-0.2, -0.15) is 5.10 Å². The first kappa shape index (κ1) is 18.5. The summed E-state index contributed by atoms with van der Waals surface area (Å²) in [6.45, 7) is 7.20. The molecule has 1 N–H and O–H groups in total. The van der Waals surface area contributed by atoms with Crippen LogP contribution in [0.4, 0.5) is 0 Å². The summed E-state index contributed by atoms with van der Waals surface area (Å²) < 4.78 is 8.82. The minimum atomic E-state index is -0.326. The number of aliphatic hydroxyl groups excluding tert-OH is 1. The number of amides is 1. The Hall–Kier alpha value is -2.87. The van der Waals surface area contributed by atoms with Crippen molar-refractivity contribution in [2.75, 3.05) is 19.7 Å². The first-order valence-corrected chi connectivity index (χ1v) is 9.51. The molecule has 4 rings (SSSR count). The van der Waals surface area contributed by atoms with Gasteiger partial charge in [0.05, 0.1) is 17.1 Å². The van der Waals surface area contributed by atoms with E-state index in [0.717, 1.165) is 24.1 Å². The van der Waals surface area contributed by atoms with Crippen molar-refractivity contribution in [2.45, 2.75) is 32.9 Å². The minimum Gasteiger partial charge on any atom is -0.459 e. The highest BCUT2D eigenvalue weighted by Gasteiger charge is 2.25. The SMILES string of the molecule is C=CCn1c2cc(C)oc2c2cnn(CC(=O)N3CCCC(CO)C3)c(=O)c21. The number of aryl methyl sites for hydroxylation is 1. The molecule has 4 heterocycles. The summed E-state index contributed by atoms with van der Waals surface area (Å²) in [5, 5.41) is 14.2. The van der Waals surface area contributed by atoms with E-state index in [-0.39, 0.29) is 30.5 Å². The molecule has 1 unspecified atom stereocenters. The zero-order valence-electron chi connectivity index (χ0n) is 15.9. The van der Waals surface area contributed by atoms with Crippen molar-refractivity contribution in [3.63, 3.8) is 0 Å². The maximum absolute atomic E-state index is 13.1. The van der Waals surface area contributed by atoms with Gasteiger partial charge in [0, 0.05) is 32.3 Å². The van der Waals surface area contributed by atoms with Crippen LogP contribution in [-0.4, -0.2) is 50.0 Å². The van der Waals surface area contributed by atoms with Crippen LogP contribution in [0.2, 0.25) is 0 Å². The second-order valence-corrected chi connectivity index (χ2v) is 7.37. The van der Waals surface area contributed by atoms with Crippen LogP contribution in [0.15, 0.2) is 34.1 Å². The summed E-state index contributed by atoms with van der Waals surface area (Å²) in [4.78, 5) is 27.5. The van der Waals surface area contributed by atoms with Gasteiger partial charge in [-0.15, -0.1) is 6.58 Å². The summed E-state index contributed by atoms with van der Waals surface area (Å²) in [6.07, 6.45) is 5.08. The Morgan fingerprint density at radius 3 is 3.07 bits per heavy atom. The molecule has 1 aliphatic heterocycles. The smallest absolute Gasteiger partial charge is 0.291 e. The molecule has 28 heavy (non-hydrogen) atoms. The summed E-state index contributed by atoms with van der Waals surface area (Å²) in [7, 11) is 0. The Kier molecular flexibility index (Phi) is 4.80. The molecule has 0 spiro atoms. The molecular weight excluding hydrogens is 360 g/mol. The fourth-order valence-corrected chi connectivity index (χ4v) is 4.02. The van der Waals surface area contributed by atoms with E-state index in [4.69, 9.17) is 4.42 Å². The highest BCUT2D eigenvalue weighted by Crippen LogP contribution is 2.29. The molecule has 3 aromatic heterocycles. The first-order chi connectivity index (χ1) is 13.5. The third-order valence-electron chi connectivity index (χ3n) is 5.39. The number of allylic oxidation sites excluding steroid dienone is 1. The third-order valence-corrected chi connectivity index (χ3v) is 5.39. The quantitative estimate of drug-likeness (QED) is 0.676. The minimum absolute atomic E-state index is 0.0709. The number of fused-ring (bicyclic) bond motifs is 3. The molecule has 1 saturated heterocycles. The number of carbonyl (C=O) groups excluding carboxylic acids is 1. The van der Waals surface area contributed by atoms with E-state index in [1.165, 1.54) is 4.68 Å². The normalized spacial score (nSPS) is 17.5. The van der Waals surface area contributed by atoms with Crippen molar-refractivity contribution in [1.29, 1.82) is 0 Å². The zero-order chi connectivity index (χ0) is 19.8. The van der Waals surface area contributed by atoms with Gasteiger partial charge >= 0.3 is 0 Å². The summed E-state index contributed by atoms with van der Waals surface area (Å²) in [6, 6.07) is 1.89. The number of hydrogen-bond donors (Lipinski definition) is 1.